The van der Waals surface area contributed by atoms with E-state index < -0.39 is 5.76 Å². The van der Waals surface area contributed by atoms with Crippen molar-refractivity contribution in [3.05, 3.63) is 29.8 Å². The van der Waals surface area contributed by atoms with Gasteiger partial charge in [0, 0.05) is 11.4 Å². The van der Waals surface area contributed by atoms with E-state index in [9.17, 15) is 13.6 Å². The quantitative estimate of drug-likeness (QED) is 0.810. The first-order valence-corrected chi connectivity index (χ1v) is 6.31. The highest BCUT2D eigenvalue weighted by molar-refractivity contribution is 7.99. The fourth-order valence-corrected chi connectivity index (χ4v) is 1.92. The molecule has 0 unspecified atom stereocenters. The smallest absolute Gasteiger partial charge is 0.288 e. The minimum absolute atomic E-state index is 0.361. The molecular weight excluding hydrogens is 258 g/mol. The van der Waals surface area contributed by atoms with Crippen molar-refractivity contribution in [2.24, 2.45) is 5.73 Å². The molecule has 0 aliphatic carbocycles. The number of primary amides is 1. The van der Waals surface area contributed by atoms with Crippen LogP contribution >= 0.6 is 11.8 Å². The monoisotopic (exact) mass is 274 g/mol. The van der Waals surface area contributed by atoms with Crippen LogP contribution in [0.4, 0.5) is 8.78 Å². The number of benzene rings is 1. The van der Waals surface area contributed by atoms with Crippen molar-refractivity contribution >= 4 is 17.7 Å². The molecule has 100 valence electrons. The van der Waals surface area contributed by atoms with Gasteiger partial charge in [-0.3, -0.25) is 9.69 Å². The number of rotatable bonds is 6. The first kappa shape index (κ1) is 14.9. The molecule has 0 fully saturated rings. The Hall–Kier alpha value is -1.14. The van der Waals surface area contributed by atoms with Crippen LogP contribution in [0, 0.1) is 0 Å². The molecule has 6 heteroatoms. The van der Waals surface area contributed by atoms with Crippen LogP contribution < -0.4 is 5.73 Å². The summed E-state index contributed by atoms with van der Waals surface area (Å²) in [6.45, 7) is 2.27. The zero-order valence-corrected chi connectivity index (χ0v) is 11.1. The summed E-state index contributed by atoms with van der Waals surface area (Å²) in [6, 6.07) is 6.48. The van der Waals surface area contributed by atoms with Crippen LogP contribution in [0.5, 0.6) is 0 Å². The molecule has 1 amide bonds. The fraction of sp³-hybridized carbons (Fsp3) is 0.417. The number of nitrogens with zero attached hydrogens (tertiary/aromatic N) is 1. The molecule has 0 aliphatic rings. The average molecular weight is 274 g/mol. The zero-order chi connectivity index (χ0) is 13.7. The van der Waals surface area contributed by atoms with Gasteiger partial charge < -0.3 is 5.73 Å². The maximum absolute atomic E-state index is 12.1. The number of amides is 1. The van der Waals surface area contributed by atoms with Gasteiger partial charge in [-0.05, 0) is 31.7 Å². The van der Waals surface area contributed by atoms with Gasteiger partial charge in [0.2, 0.25) is 5.91 Å². The van der Waals surface area contributed by atoms with Crippen LogP contribution in [0.3, 0.4) is 0 Å². The summed E-state index contributed by atoms with van der Waals surface area (Å²) in [7, 11) is 1.79. The Balaban J connectivity index is 2.60. The number of likely N-dealkylation sites (N-methyl/N-ethyl adjacent to an activating group) is 1. The van der Waals surface area contributed by atoms with Gasteiger partial charge in [-0.1, -0.05) is 23.9 Å². The van der Waals surface area contributed by atoms with Crippen molar-refractivity contribution in [2.45, 2.75) is 30.2 Å². The van der Waals surface area contributed by atoms with Crippen LogP contribution in [0.2, 0.25) is 0 Å². The van der Waals surface area contributed by atoms with Crippen molar-refractivity contribution in [3.63, 3.8) is 0 Å². The van der Waals surface area contributed by atoms with E-state index in [-0.39, 0.29) is 11.9 Å². The molecular formula is C12H16F2N2OS. The first-order valence-electron chi connectivity index (χ1n) is 5.43. The normalized spacial score (nSPS) is 13.0. The van der Waals surface area contributed by atoms with Crippen LogP contribution in [0.15, 0.2) is 29.2 Å². The maximum Gasteiger partial charge on any atom is 0.288 e. The van der Waals surface area contributed by atoms with Gasteiger partial charge in [0.1, 0.15) is 0 Å². The molecule has 0 aromatic heterocycles. The minimum Gasteiger partial charge on any atom is -0.368 e. The Kier molecular flexibility index (Phi) is 5.55. The Labute approximate surface area is 109 Å². The largest absolute Gasteiger partial charge is 0.368 e. The molecule has 18 heavy (non-hydrogen) atoms. The lowest BCUT2D eigenvalue weighted by Crippen LogP contribution is -2.39. The molecule has 1 rings (SSSR count). The van der Waals surface area contributed by atoms with Gasteiger partial charge in [-0.2, -0.15) is 8.78 Å². The summed E-state index contributed by atoms with van der Waals surface area (Å²) in [4.78, 5) is 13.3. The summed E-state index contributed by atoms with van der Waals surface area (Å²) >= 11 is 0.516. The summed E-state index contributed by atoms with van der Waals surface area (Å²) in [5.41, 5.74) is 6.15. The molecule has 0 saturated heterocycles. The topological polar surface area (TPSA) is 46.3 Å². The first-order chi connectivity index (χ1) is 8.40. The Bertz CT molecular complexity index is 398. The highest BCUT2D eigenvalue weighted by Gasteiger charge is 2.14. The summed E-state index contributed by atoms with van der Waals surface area (Å²) in [6.07, 6.45) is 0. The minimum atomic E-state index is -2.41. The van der Waals surface area contributed by atoms with E-state index in [1.807, 2.05) is 0 Å². The van der Waals surface area contributed by atoms with E-state index in [4.69, 9.17) is 5.73 Å². The second-order valence-electron chi connectivity index (χ2n) is 4.02. The number of nitrogens with two attached hydrogens (primary N) is 1. The highest BCUT2D eigenvalue weighted by Crippen LogP contribution is 2.25. The third-order valence-electron chi connectivity index (χ3n) is 2.65. The highest BCUT2D eigenvalue weighted by atomic mass is 32.2. The molecule has 3 nitrogen and oxygen atoms in total. The van der Waals surface area contributed by atoms with Gasteiger partial charge in [0.25, 0.3) is 5.76 Å². The molecule has 1 aromatic carbocycles. The lowest BCUT2D eigenvalue weighted by molar-refractivity contribution is -0.122. The number of carbonyl (C=O) groups excluding carboxylic acids is 1. The van der Waals surface area contributed by atoms with Crippen LogP contribution in [-0.4, -0.2) is 29.7 Å². The fourth-order valence-electron chi connectivity index (χ4n) is 1.42. The third kappa shape index (κ3) is 4.62. The number of thioether (sulfide) groups is 1. The Morgan fingerprint density at radius 1 is 1.39 bits per heavy atom. The van der Waals surface area contributed by atoms with Crippen LogP contribution in [-0.2, 0) is 11.3 Å². The molecule has 0 bridgehead atoms. The second-order valence-corrected chi connectivity index (χ2v) is 5.08. The molecule has 0 radical (unpaired) electrons. The number of hydrogen-bond acceptors (Lipinski definition) is 3. The van der Waals surface area contributed by atoms with E-state index >= 15 is 0 Å². The van der Waals surface area contributed by atoms with Crippen molar-refractivity contribution in [2.75, 3.05) is 7.05 Å². The van der Waals surface area contributed by atoms with Crippen LogP contribution in [0.1, 0.15) is 12.5 Å². The summed E-state index contributed by atoms with van der Waals surface area (Å²) in [5, 5.41) is 0. The van der Waals surface area contributed by atoms with Gasteiger partial charge in [-0.15, -0.1) is 0 Å². The lowest BCUT2D eigenvalue weighted by Gasteiger charge is -2.21. The number of carbonyl (C=O) groups is 1. The maximum atomic E-state index is 12.1. The molecule has 0 spiro atoms. The van der Waals surface area contributed by atoms with Crippen molar-refractivity contribution in [1.82, 2.24) is 4.90 Å². The molecule has 1 atom stereocenters. The molecule has 0 heterocycles. The predicted octanol–water partition coefficient (Wildman–Crippen LogP) is 2.31. The zero-order valence-electron chi connectivity index (χ0n) is 10.3. The summed E-state index contributed by atoms with van der Waals surface area (Å²) < 4.78 is 24.3. The van der Waals surface area contributed by atoms with Gasteiger partial charge in [0.15, 0.2) is 0 Å². The Morgan fingerprint density at radius 2 is 1.94 bits per heavy atom. The van der Waals surface area contributed by atoms with Gasteiger partial charge in [0.05, 0.1) is 6.04 Å². The Morgan fingerprint density at radius 3 is 2.39 bits per heavy atom. The number of hydrogen-bond donors (Lipinski definition) is 1. The standard InChI is InChI=1S/C12H16F2N2OS/c1-8(11(15)17)16(2)7-9-3-5-10(6-4-9)18-12(13)14/h3-6,8,12H,7H2,1-2H3,(H2,15,17)/t8-/m0/s1. The summed E-state index contributed by atoms with van der Waals surface area (Å²) in [5.74, 6) is -2.80. The predicted molar refractivity (Wildman–Crippen MR) is 68.4 cm³/mol. The third-order valence-corrected chi connectivity index (χ3v) is 3.38. The van der Waals surface area contributed by atoms with Crippen molar-refractivity contribution < 1.29 is 13.6 Å². The average Bonchev–Trinajstić information content (AvgIpc) is 2.29. The number of halogens is 2. The van der Waals surface area contributed by atoms with E-state index in [0.717, 1.165) is 5.56 Å². The molecule has 2 N–H and O–H groups in total. The second kappa shape index (κ2) is 6.70. The van der Waals surface area contributed by atoms with Gasteiger partial charge in [-0.25, -0.2) is 0 Å². The number of alkyl halides is 2. The van der Waals surface area contributed by atoms with Crippen molar-refractivity contribution in [3.8, 4) is 0 Å². The van der Waals surface area contributed by atoms with E-state index in [0.29, 0.717) is 23.2 Å². The van der Waals surface area contributed by atoms with E-state index in [2.05, 4.69) is 0 Å². The van der Waals surface area contributed by atoms with Crippen LogP contribution in [0.25, 0.3) is 0 Å². The van der Waals surface area contributed by atoms with Crippen molar-refractivity contribution in [1.29, 1.82) is 0 Å². The SMILES string of the molecule is C[C@@H](C(N)=O)N(C)Cc1ccc(SC(F)F)cc1. The molecule has 0 saturated carbocycles. The van der Waals surface area contributed by atoms with E-state index in [1.165, 1.54) is 0 Å². The molecule has 0 aliphatic heterocycles. The van der Waals surface area contributed by atoms with Gasteiger partial charge >= 0.3 is 0 Å². The van der Waals surface area contributed by atoms with E-state index in [1.54, 1.807) is 43.1 Å². The molecule has 1 aromatic rings. The lowest BCUT2D eigenvalue weighted by atomic mass is 10.2.